The fourth-order valence-electron chi connectivity index (χ4n) is 4.56. The molecule has 6 heteroatoms. The highest BCUT2D eigenvalue weighted by molar-refractivity contribution is 6.17. The first-order chi connectivity index (χ1) is 17.5. The number of aryl methyl sites for hydroxylation is 1. The predicted molar refractivity (Wildman–Crippen MR) is 137 cm³/mol. The molecule has 0 bridgehead atoms. The van der Waals surface area contributed by atoms with E-state index in [0.29, 0.717) is 22.1 Å². The molecule has 0 saturated heterocycles. The highest BCUT2D eigenvalue weighted by Gasteiger charge is 2.24. The molecular formula is C30H20FNO4. The van der Waals surface area contributed by atoms with Gasteiger partial charge < -0.3 is 14.2 Å². The maximum atomic E-state index is 14.2. The third kappa shape index (κ3) is 3.64. The summed E-state index contributed by atoms with van der Waals surface area (Å²) in [6.07, 6.45) is 1.62. The van der Waals surface area contributed by atoms with Crippen LogP contribution in [0.5, 0.6) is 0 Å². The minimum atomic E-state index is -0.514. The standard InChI is InChI=1S/C30H20FNO4/c1-17-10-11-19(14-23(17)31)29(34)30-28(22-8-4-5-9-24(22)36-30)32-26(33)15-20-16-35-25-13-12-18-6-2-3-7-21(18)27(20)25/h2-14,16H,15H2,1H3,(H,32,33). The van der Waals surface area contributed by atoms with Crippen molar-refractivity contribution in [2.24, 2.45) is 0 Å². The van der Waals surface area contributed by atoms with Gasteiger partial charge in [0.1, 0.15) is 17.0 Å². The van der Waals surface area contributed by atoms with Crippen LogP contribution in [-0.2, 0) is 11.2 Å². The maximum Gasteiger partial charge on any atom is 0.230 e. The molecule has 0 fully saturated rings. The van der Waals surface area contributed by atoms with E-state index in [-0.39, 0.29) is 29.3 Å². The van der Waals surface area contributed by atoms with Gasteiger partial charge in [-0.15, -0.1) is 0 Å². The van der Waals surface area contributed by atoms with Gasteiger partial charge in [-0.3, -0.25) is 9.59 Å². The predicted octanol–water partition coefficient (Wildman–Crippen LogP) is 7.19. The Kier molecular flexibility index (Phi) is 5.15. The highest BCUT2D eigenvalue weighted by Crippen LogP contribution is 2.34. The molecule has 1 N–H and O–H groups in total. The van der Waals surface area contributed by atoms with Crippen LogP contribution in [0.1, 0.15) is 27.2 Å². The molecule has 0 saturated carbocycles. The fraction of sp³-hybridized carbons (Fsp3) is 0.0667. The van der Waals surface area contributed by atoms with Crippen molar-refractivity contribution >= 4 is 50.1 Å². The van der Waals surface area contributed by atoms with Crippen molar-refractivity contribution in [2.75, 3.05) is 5.32 Å². The topological polar surface area (TPSA) is 72.5 Å². The van der Waals surface area contributed by atoms with Crippen LogP contribution in [0.15, 0.2) is 94.0 Å². The van der Waals surface area contributed by atoms with Crippen molar-refractivity contribution in [3.63, 3.8) is 0 Å². The van der Waals surface area contributed by atoms with Gasteiger partial charge in [0.15, 0.2) is 5.76 Å². The molecule has 2 heterocycles. The number of carbonyl (C=O) groups is 2. The van der Waals surface area contributed by atoms with E-state index in [1.807, 2.05) is 36.4 Å². The summed E-state index contributed by atoms with van der Waals surface area (Å²) in [6, 6.07) is 23.1. The second-order valence-electron chi connectivity index (χ2n) is 8.74. The van der Waals surface area contributed by atoms with Gasteiger partial charge in [0.2, 0.25) is 11.7 Å². The summed E-state index contributed by atoms with van der Waals surface area (Å²) in [6.45, 7) is 1.62. The molecule has 0 aliphatic rings. The summed E-state index contributed by atoms with van der Waals surface area (Å²) in [5.74, 6) is -1.38. The molecule has 0 aliphatic heterocycles. The Morgan fingerprint density at radius 3 is 2.50 bits per heavy atom. The zero-order valence-corrected chi connectivity index (χ0v) is 19.3. The van der Waals surface area contributed by atoms with E-state index >= 15 is 0 Å². The molecule has 6 aromatic rings. The largest absolute Gasteiger partial charge is 0.464 e. The number of anilines is 1. The molecule has 0 unspecified atom stereocenters. The number of carbonyl (C=O) groups excluding carboxylic acids is 2. The summed E-state index contributed by atoms with van der Waals surface area (Å²) in [5.41, 5.74) is 2.72. The number of halogens is 1. The van der Waals surface area contributed by atoms with Crippen LogP contribution in [0.2, 0.25) is 0 Å². The fourth-order valence-corrected chi connectivity index (χ4v) is 4.56. The van der Waals surface area contributed by atoms with Crippen LogP contribution in [0, 0.1) is 12.7 Å². The maximum absolute atomic E-state index is 14.2. The average Bonchev–Trinajstić information content (AvgIpc) is 3.47. The molecule has 176 valence electrons. The van der Waals surface area contributed by atoms with Crippen molar-refractivity contribution in [3.8, 4) is 0 Å². The van der Waals surface area contributed by atoms with Crippen molar-refractivity contribution < 1.29 is 22.8 Å². The minimum absolute atomic E-state index is 0.0350. The van der Waals surface area contributed by atoms with Crippen LogP contribution in [0.3, 0.4) is 0 Å². The SMILES string of the molecule is Cc1ccc(C(=O)c2oc3ccccc3c2NC(=O)Cc2coc3ccc4ccccc4c23)cc1F. The number of benzene rings is 4. The summed E-state index contributed by atoms with van der Waals surface area (Å²) in [7, 11) is 0. The lowest BCUT2D eigenvalue weighted by Gasteiger charge is -2.07. The second kappa shape index (κ2) is 8.50. The van der Waals surface area contributed by atoms with E-state index in [4.69, 9.17) is 8.83 Å². The Hall–Kier alpha value is -4.71. The second-order valence-corrected chi connectivity index (χ2v) is 8.74. The number of para-hydroxylation sites is 1. The quantitative estimate of drug-likeness (QED) is 0.267. The number of furan rings is 2. The third-order valence-corrected chi connectivity index (χ3v) is 6.39. The minimum Gasteiger partial charge on any atom is -0.464 e. The number of fused-ring (bicyclic) bond motifs is 4. The van der Waals surface area contributed by atoms with Crippen molar-refractivity contribution in [2.45, 2.75) is 13.3 Å². The number of ketones is 1. The van der Waals surface area contributed by atoms with Gasteiger partial charge in [0.05, 0.1) is 18.4 Å². The Morgan fingerprint density at radius 2 is 1.67 bits per heavy atom. The van der Waals surface area contributed by atoms with Gasteiger partial charge in [0, 0.05) is 21.9 Å². The lowest BCUT2D eigenvalue weighted by molar-refractivity contribution is -0.115. The van der Waals surface area contributed by atoms with Crippen LogP contribution in [-0.4, -0.2) is 11.7 Å². The first-order valence-corrected chi connectivity index (χ1v) is 11.5. The van der Waals surface area contributed by atoms with Crippen molar-refractivity contribution in [1.82, 2.24) is 0 Å². The Labute approximate surface area is 205 Å². The number of nitrogens with one attached hydrogen (secondary N) is 1. The van der Waals surface area contributed by atoms with E-state index in [0.717, 1.165) is 21.7 Å². The smallest absolute Gasteiger partial charge is 0.230 e. The zero-order chi connectivity index (χ0) is 24.8. The Morgan fingerprint density at radius 1 is 0.889 bits per heavy atom. The lowest BCUT2D eigenvalue weighted by Crippen LogP contribution is -2.16. The zero-order valence-electron chi connectivity index (χ0n) is 19.3. The summed E-state index contributed by atoms with van der Waals surface area (Å²) in [5, 5.41) is 6.39. The summed E-state index contributed by atoms with van der Waals surface area (Å²) < 4.78 is 25.7. The summed E-state index contributed by atoms with van der Waals surface area (Å²) in [4.78, 5) is 26.5. The first-order valence-electron chi connectivity index (χ1n) is 11.5. The summed E-state index contributed by atoms with van der Waals surface area (Å²) >= 11 is 0. The molecule has 0 aliphatic carbocycles. The van der Waals surface area contributed by atoms with Crippen LogP contribution >= 0.6 is 0 Å². The molecule has 0 atom stereocenters. The average molecular weight is 477 g/mol. The number of amides is 1. The van der Waals surface area contributed by atoms with Gasteiger partial charge >= 0.3 is 0 Å². The molecule has 0 radical (unpaired) electrons. The molecular weight excluding hydrogens is 457 g/mol. The molecule has 36 heavy (non-hydrogen) atoms. The number of hydrogen-bond acceptors (Lipinski definition) is 4. The van der Waals surface area contributed by atoms with E-state index in [1.54, 1.807) is 43.5 Å². The molecule has 5 nitrogen and oxygen atoms in total. The molecule has 4 aromatic carbocycles. The van der Waals surface area contributed by atoms with E-state index in [1.165, 1.54) is 12.1 Å². The Bertz CT molecular complexity index is 1810. The number of rotatable bonds is 5. The molecule has 1 amide bonds. The highest BCUT2D eigenvalue weighted by atomic mass is 19.1. The lowest BCUT2D eigenvalue weighted by atomic mass is 10.0. The van der Waals surface area contributed by atoms with E-state index in [9.17, 15) is 14.0 Å². The molecule has 2 aromatic heterocycles. The molecule has 0 spiro atoms. The van der Waals surface area contributed by atoms with Gasteiger partial charge in [-0.1, -0.05) is 54.6 Å². The number of hydrogen-bond donors (Lipinski definition) is 1. The third-order valence-electron chi connectivity index (χ3n) is 6.39. The van der Waals surface area contributed by atoms with Crippen molar-refractivity contribution in [1.29, 1.82) is 0 Å². The molecule has 6 rings (SSSR count). The normalized spacial score (nSPS) is 11.4. The van der Waals surface area contributed by atoms with Crippen LogP contribution < -0.4 is 5.32 Å². The van der Waals surface area contributed by atoms with E-state index in [2.05, 4.69) is 5.32 Å². The van der Waals surface area contributed by atoms with E-state index < -0.39 is 11.6 Å². The van der Waals surface area contributed by atoms with Gasteiger partial charge in [-0.05, 0) is 47.5 Å². The van der Waals surface area contributed by atoms with Gasteiger partial charge in [-0.25, -0.2) is 4.39 Å². The van der Waals surface area contributed by atoms with Gasteiger partial charge in [0.25, 0.3) is 0 Å². The van der Waals surface area contributed by atoms with Crippen LogP contribution in [0.25, 0.3) is 32.7 Å². The van der Waals surface area contributed by atoms with Crippen molar-refractivity contribution in [3.05, 3.63) is 113 Å². The van der Waals surface area contributed by atoms with Gasteiger partial charge in [-0.2, -0.15) is 0 Å². The van der Waals surface area contributed by atoms with Crippen LogP contribution in [0.4, 0.5) is 10.1 Å². The Balaban J connectivity index is 1.37. The first kappa shape index (κ1) is 21.8. The monoisotopic (exact) mass is 477 g/mol.